The highest BCUT2D eigenvalue weighted by atomic mass is 19.1. The van der Waals surface area contributed by atoms with Crippen molar-refractivity contribution in [3.63, 3.8) is 0 Å². The minimum Gasteiger partial charge on any atom is -0.474 e. The van der Waals surface area contributed by atoms with Crippen molar-refractivity contribution in [1.29, 1.82) is 5.41 Å². The number of hydroxylamine groups is 2. The highest BCUT2D eigenvalue weighted by Crippen LogP contribution is 2.28. The molecule has 0 radical (unpaired) electrons. The topological polar surface area (TPSA) is 136 Å². The molecule has 1 aromatic carbocycles. The Morgan fingerprint density at radius 2 is 1.94 bits per heavy atom. The van der Waals surface area contributed by atoms with E-state index in [1.165, 1.54) is 11.4 Å². The van der Waals surface area contributed by atoms with Crippen LogP contribution in [0.4, 0.5) is 25.1 Å². The number of ether oxygens (including phenoxy) is 2. The van der Waals surface area contributed by atoms with Crippen LogP contribution in [0.5, 0.6) is 5.88 Å². The van der Waals surface area contributed by atoms with Gasteiger partial charge >= 0.3 is 6.16 Å². The first-order valence-corrected chi connectivity index (χ1v) is 10.4. The van der Waals surface area contributed by atoms with Crippen molar-refractivity contribution < 1.29 is 27.9 Å². The van der Waals surface area contributed by atoms with E-state index in [-0.39, 0.29) is 29.3 Å². The lowest BCUT2D eigenvalue weighted by molar-refractivity contribution is -0.151. The summed E-state index contributed by atoms with van der Waals surface area (Å²) in [7, 11) is 0. The van der Waals surface area contributed by atoms with Crippen molar-refractivity contribution in [3.8, 4) is 5.88 Å². The van der Waals surface area contributed by atoms with Gasteiger partial charge in [0.05, 0.1) is 22.9 Å². The first-order valence-electron chi connectivity index (χ1n) is 10.4. The van der Waals surface area contributed by atoms with Gasteiger partial charge in [-0.15, -0.1) is 5.06 Å². The smallest absolute Gasteiger partial charge is 0.474 e. The number of hydrogen-bond donors (Lipinski definition) is 3. The summed E-state index contributed by atoms with van der Waals surface area (Å²) < 4.78 is 39.4. The quantitative estimate of drug-likeness (QED) is 0.320. The molecule has 2 heterocycles. The largest absolute Gasteiger partial charge is 0.528 e. The number of piperidine rings is 1. The zero-order valence-corrected chi connectivity index (χ0v) is 18.5. The van der Waals surface area contributed by atoms with E-state index in [1.807, 2.05) is 0 Å². The molecular formula is C21H26F2N6O4. The van der Waals surface area contributed by atoms with Gasteiger partial charge in [-0.3, -0.25) is 5.41 Å². The Morgan fingerprint density at radius 1 is 1.24 bits per heavy atom. The van der Waals surface area contributed by atoms with Crippen molar-refractivity contribution in [3.05, 3.63) is 41.2 Å². The molecule has 0 unspecified atom stereocenters. The third-order valence-electron chi connectivity index (χ3n) is 4.85. The summed E-state index contributed by atoms with van der Waals surface area (Å²) in [4.78, 5) is 25.0. The summed E-state index contributed by atoms with van der Waals surface area (Å²) in [6, 6.07) is 1.76. The average molecular weight is 464 g/mol. The molecule has 0 amide bonds. The molecule has 0 aliphatic carbocycles. The molecule has 1 aromatic heterocycles. The Kier molecular flexibility index (Phi) is 7.59. The number of benzene rings is 1. The Bertz CT molecular complexity index is 1030. The highest BCUT2D eigenvalue weighted by molar-refractivity contribution is 5.95. The summed E-state index contributed by atoms with van der Waals surface area (Å²) in [5.41, 5.74) is 5.27. The van der Waals surface area contributed by atoms with E-state index in [2.05, 4.69) is 15.3 Å². The third kappa shape index (κ3) is 6.25. The number of hydrogen-bond acceptors (Lipinski definition) is 9. The van der Waals surface area contributed by atoms with Crippen molar-refractivity contribution in [2.24, 2.45) is 5.73 Å². The first-order chi connectivity index (χ1) is 15.6. The van der Waals surface area contributed by atoms with Gasteiger partial charge in [0.15, 0.2) is 0 Å². The minimum absolute atomic E-state index is 0.163. The Hall–Kier alpha value is -3.54. The molecular weight excluding hydrogens is 438 g/mol. The molecule has 1 fully saturated rings. The van der Waals surface area contributed by atoms with Gasteiger partial charge in [0.1, 0.15) is 35.7 Å². The van der Waals surface area contributed by atoms with E-state index < -0.39 is 23.6 Å². The first kappa shape index (κ1) is 24.1. The number of halogens is 2. The lowest BCUT2D eigenvalue weighted by atomic mass is 10.1. The van der Waals surface area contributed by atoms with Gasteiger partial charge in [-0.05, 0) is 26.8 Å². The lowest BCUT2D eigenvalue weighted by Gasteiger charge is -2.30. The van der Waals surface area contributed by atoms with E-state index >= 15 is 0 Å². The molecule has 1 aliphatic heterocycles. The molecule has 0 atom stereocenters. The molecule has 0 saturated carbocycles. The molecule has 0 bridgehead atoms. The monoisotopic (exact) mass is 464 g/mol. The molecule has 4 N–H and O–H groups in total. The molecule has 178 valence electrons. The second-order valence-electron chi connectivity index (χ2n) is 7.76. The fraction of sp³-hybridized carbons (Fsp3) is 0.429. The molecule has 1 aliphatic rings. The fourth-order valence-corrected chi connectivity index (χ4v) is 3.17. The maximum absolute atomic E-state index is 14.4. The molecule has 33 heavy (non-hydrogen) atoms. The Morgan fingerprint density at radius 3 is 2.58 bits per heavy atom. The number of nitrogens with one attached hydrogen (secondary N) is 2. The van der Waals surface area contributed by atoms with Gasteiger partial charge in [-0.2, -0.15) is 0 Å². The summed E-state index contributed by atoms with van der Waals surface area (Å²) >= 11 is 0. The van der Waals surface area contributed by atoms with Crippen LogP contribution in [0.1, 0.15) is 37.8 Å². The van der Waals surface area contributed by atoms with E-state index in [4.69, 9.17) is 25.5 Å². The molecule has 3 rings (SSSR count). The van der Waals surface area contributed by atoms with Gasteiger partial charge < -0.3 is 25.4 Å². The number of carbonyl (C=O) groups excluding carboxylic acids is 1. The van der Waals surface area contributed by atoms with Crippen molar-refractivity contribution in [2.75, 3.05) is 18.4 Å². The molecule has 12 heteroatoms. The van der Waals surface area contributed by atoms with Crippen LogP contribution in [0.3, 0.4) is 0 Å². The third-order valence-corrected chi connectivity index (χ3v) is 4.85. The van der Waals surface area contributed by atoms with Gasteiger partial charge in [-0.1, -0.05) is 0 Å². The zero-order chi connectivity index (χ0) is 24.1. The van der Waals surface area contributed by atoms with Gasteiger partial charge in [0.25, 0.3) is 0 Å². The van der Waals surface area contributed by atoms with Gasteiger partial charge in [-0.25, -0.2) is 23.5 Å². The van der Waals surface area contributed by atoms with E-state index in [0.717, 1.165) is 12.1 Å². The second-order valence-corrected chi connectivity index (χ2v) is 7.76. The molecule has 0 spiro atoms. The molecule has 10 nitrogen and oxygen atoms in total. The van der Waals surface area contributed by atoms with Crippen LogP contribution in [-0.4, -0.2) is 52.3 Å². The Balaban J connectivity index is 1.63. The molecule has 1 saturated heterocycles. The van der Waals surface area contributed by atoms with Gasteiger partial charge in [0, 0.05) is 32.0 Å². The molecule has 2 aromatic rings. The predicted molar refractivity (Wildman–Crippen MR) is 115 cm³/mol. The van der Waals surface area contributed by atoms with E-state index in [1.54, 1.807) is 20.8 Å². The average Bonchev–Trinajstić information content (AvgIpc) is 2.73. The number of aromatic nitrogens is 2. The summed E-state index contributed by atoms with van der Waals surface area (Å²) in [6.45, 7) is 6.08. The summed E-state index contributed by atoms with van der Waals surface area (Å²) in [5, 5.41) is 11.6. The van der Waals surface area contributed by atoms with Crippen LogP contribution in [0.15, 0.2) is 18.5 Å². The van der Waals surface area contributed by atoms with Crippen LogP contribution >= 0.6 is 0 Å². The van der Waals surface area contributed by atoms with Gasteiger partial charge in [0.2, 0.25) is 5.88 Å². The van der Waals surface area contributed by atoms with Crippen molar-refractivity contribution in [2.45, 2.75) is 45.8 Å². The fourth-order valence-electron chi connectivity index (χ4n) is 3.17. The van der Waals surface area contributed by atoms with Crippen LogP contribution in [0.2, 0.25) is 0 Å². The lowest BCUT2D eigenvalue weighted by Crippen LogP contribution is -2.40. The maximum Gasteiger partial charge on any atom is 0.528 e. The van der Waals surface area contributed by atoms with Crippen LogP contribution in [0.25, 0.3) is 0 Å². The second kappa shape index (κ2) is 10.4. The number of nitrogens with zero attached hydrogens (tertiary/aromatic N) is 3. The summed E-state index contributed by atoms with van der Waals surface area (Å²) in [5.74, 6) is -1.65. The zero-order valence-electron chi connectivity index (χ0n) is 18.5. The predicted octanol–water partition coefficient (Wildman–Crippen LogP) is 3.41. The van der Waals surface area contributed by atoms with Crippen molar-refractivity contribution >= 4 is 23.5 Å². The Labute approximate surface area is 189 Å². The maximum atomic E-state index is 14.4. The number of nitrogens with two attached hydrogens (primary N) is 1. The van der Waals surface area contributed by atoms with Crippen LogP contribution in [0, 0.1) is 24.0 Å². The van der Waals surface area contributed by atoms with Crippen LogP contribution in [-0.2, 0) is 9.57 Å². The number of anilines is 2. The van der Waals surface area contributed by atoms with Crippen molar-refractivity contribution in [1.82, 2.24) is 15.0 Å². The van der Waals surface area contributed by atoms with E-state index in [0.29, 0.717) is 37.4 Å². The highest BCUT2D eigenvalue weighted by Gasteiger charge is 2.25. The summed E-state index contributed by atoms with van der Waals surface area (Å²) in [6.07, 6.45) is 1.21. The number of rotatable bonds is 7. The normalized spacial score (nSPS) is 14.7. The minimum atomic E-state index is -0.833. The van der Waals surface area contributed by atoms with Crippen LogP contribution < -0.4 is 15.8 Å². The SMILES string of the molecule is Cc1c(Nc2cc(F)c(C(=N)N)cc2F)ncnc1OC1CCN(OC(=O)OC(C)C)CC1. The standard InChI is InChI=1S/C21H26F2N6O4/c1-11(2)31-21(30)33-29-6-4-13(5-7-29)32-20-12(3)19(26-10-27-20)28-17-9-15(22)14(18(24)25)8-16(17)23/h8-11,13H,4-7H2,1-3H3,(H3,24,25)(H,26,27,28). The number of nitrogen functional groups attached to an aromatic ring is 1. The number of carbonyl (C=O) groups is 1. The van der Waals surface area contributed by atoms with E-state index in [9.17, 15) is 13.6 Å². The number of amidine groups is 1.